The number of esters is 1. The van der Waals surface area contributed by atoms with Gasteiger partial charge in [-0.05, 0) is 55.0 Å². The molecule has 0 saturated heterocycles. The van der Waals surface area contributed by atoms with Gasteiger partial charge in [0.1, 0.15) is 0 Å². The van der Waals surface area contributed by atoms with Crippen molar-refractivity contribution in [1.29, 1.82) is 0 Å². The first kappa shape index (κ1) is 19.3. The summed E-state index contributed by atoms with van der Waals surface area (Å²) in [4.78, 5) is 36.5. The van der Waals surface area contributed by atoms with Crippen LogP contribution in [0, 0.1) is 0 Å². The molecule has 2 heterocycles. The molecule has 7 nitrogen and oxygen atoms in total. The zero-order valence-electron chi connectivity index (χ0n) is 16.3. The maximum absolute atomic E-state index is 12.6. The molecule has 1 aromatic heterocycles. The Morgan fingerprint density at radius 2 is 2.00 bits per heavy atom. The van der Waals surface area contributed by atoms with Gasteiger partial charge in [-0.25, -0.2) is 9.48 Å². The van der Waals surface area contributed by atoms with Crippen molar-refractivity contribution in [2.75, 3.05) is 11.9 Å². The minimum Gasteiger partial charge on any atom is -0.461 e. The van der Waals surface area contributed by atoms with E-state index in [2.05, 4.69) is 10.4 Å². The minimum atomic E-state index is -0.554. The number of benzene rings is 2. The van der Waals surface area contributed by atoms with Crippen molar-refractivity contribution in [3.63, 3.8) is 0 Å². The molecule has 0 spiro atoms. The predicted molar refractivity (Wildman–Crippen MR) is 112 cm³/mol. The largest absolute Gasteiger partial charge is 0.461 e. The molecule has 0 saturated carbocycles. The van der Waals surface area contributed by atoms with Gasteiger partial charge in [0.05, 0.1) is 18.7 Å². The molecule has 30 heavy (non-hydrogen) atoms. The first-order chi connectivity index (χ1) is 14.5. The molecule has 0 radical (unpaired) electrons. The predicted octanol–water partition coefficient (Wildman–Crippen LogP) is 3.44. The van der Waals surface area contributed by atoms with Crippen LogP contribution in [0.3, 0.4) is 0 Å². The van der Waals surface area contributed by atoms with Crippen molar-refractivity contribution < 1.29 is 19.1 Å². The van der Waals surface area contributed by atoms with E-state index in [4.69, 9.17) is 4.74 Å². The van der Waals surface area contributed by atoms with Crippen LogP contribution in [0.15, 0.2) is 60.8 Å². The summed E-state index contributed by atoms with van der Waals surface area (Å²) in [5, 5.41) is 7.08. The molecule has 3 aromatic rings. The molecule has 1 amide bonds. The highest BCUT2D eigenvalue weighted by Gasteiger charge is 2.20. The van der Waals surface area contributed by atoms with Crippen LogP contribution >= 0.6 is 0 Å². The Hall–Kier alpha value is -4.00. The Morgan fingerprint density at radius 3 is 2.77 bits per heavy atom. The van der Waals surface area contributed by atoms with E-state index in [1.165, 1.54) is 6.08 Å². The van der Waals surface area contributed by atoms with E-state index in [9.17, 15) is 14.4 Å². The summed E-state index contributed by atoms with van der Waals surface area (Å²) in [6.07, 6.45) is 4.88. The van der Waals surface area contributed by atoms with Gasteiger partial charge in [-0.15, -0.1) is 0 Å². The van der Waals surface area contributed by atoms with Crippen LogP contribution in [-0.4, -0.2) is 34.0 Å². The second kappa shape index (κ2) is 8.16. The highest BCUT2D eigenvalue weighted by Crippen LogP contribution is 2.24. The molecule has 1 aliphatic rings. The number of amides is 1. The molecule has 2 aromatic carbocycles. The number of aromatic nitrogens is 2. The summed E-state index contributed by atoms with van der Waals surface area (Å²) in [6, 6.07) is 14.4. The molecule has 0 atom stereocenters. The van der Waals surface area contributed by atoms with Gasteiger partial charge in [0.2, 0.25) is 5.91 Å². The number of rotatable bonds is 6. The topological polar surface area (TPSA) is 90.3 Å². The number of allylic oxidation sites excluding steroid dienone is 1. The van der Waals surface area contributed by atoms with Crippen LogP contribution in [-0.2, 0) is 16.0 Å². The number of ketones is 1. The highest BCUT2D eigenvalue weighted by molar-refractivity contribution is 6.09. The van der Waals surface area contributed by atoms with Gasteiger partial charge in [0.25, 0.3) is 0 Å². The third kappa shape index (κ3) is 3.91. The first-order valence-electron chi connectivity index (χ1n) is 9.52. The molecular formula is C23H19N3O4. The summed E-state index contributed by atoms with van der Waals surface area (Å²) in [6.45, 7) is 1.94. The molecule has 1 aliphatic heterocycles. The maximum atomic E-state index is 12.6. The normalized spacial score (nSPS) is 12.6. The number of hydrogen-bond donors (Lipinski definition) is 1. The lowest BCUT2D eigenvalue weighted by Gasteiger charge is -2.01. The molecule has 150 valence electrons. The molecule has 1 N–H and O–H groups in total. The fourth-order valence-electron chi connectivity index (χ4n) is 3.22. The van der Waals surface area contributed by atoms with Gasteiger partial charge < -0.3 is 10.1 Å². The molecule has 0 bridgehead atoms. The average Bonchev–Trinajstić information content (AvgIpc) is 3.35. The van der Waals surface area contributed by atoms with Crippen LogP contribution in [0.1, 0.15) is 38.9 Å². The third-order valence-corrected chi connectivity index (χ3v) is 4.66. The van der Waals surface area contributed by atoms with Crippen molar-refractivity contribution in [2.45, 2.75) is 13.3 Å². The van der Waals surface area contributed by atoms with Gasteiger partial charge in [-0.1, -0.05) is 18.2 Å². The summed E-state index contributed by atoms with van der Waals surface area (Å²) < 4.78 is 6.67. The zero-order valence-corrected chi connectivity index (χ0v) is 16.3. The lowest BCUT2D eigenvalue weighted by Crippen LogP contribution is -2.08. The van der Waals surface area contributed by atoms with E-state index in [-0.39, 0.29) is 30.4 Å². The summed E-state index contributed by atoms with van der Waals surface area (Å²) >= 11 is 0. The number of carbonyl (C=O) groups excluding carboxylic acids is 3. The van der Waals surface area contributed by atoms with E-state index in [0.29, 0.717) is 11.1 Å². The fourth-order valence-corrected chi connectivity index (χ4v) is 3.22. The van der Waals surface area contributed by atoms with E-state index in [0.717, 1.165) is 16.9 Å². The molecule has 7 heteroatoms. The van der Waals surface area contributed by atoms with Crippen molar-refractivity contribution in [1.82, 2.24) is 9.78 Å². The lowest BCUT2D eigenvalue weighted by molar-refractivity contribution is -0.115. The second-order valence-corrected chi connectivity index (χ2v) is 6.73. The van der Waals surface area contributed by atoms with Crippen molar-refractivity contribution >= 4 is 29.4 Å². The van der Waals surface area contributed by atoms with Gasteiger partial charge in [-0.3, -0.25) is 9.59 Å². The number of ether oxygens (including phenoxy) is 1. The smallest absolute Gasteiger partial charge is 0.359 e. The molecule has 0 aliphatic carbocycles. The van der Waals surface area contributed by atoms with Crippen LogP contribution in [0.2, 0.25) is 0 Å². The fraction of sp³-hybridized carbons (Fsp3) is 0.130. The standard InChI is InChI=1S/C23H19N3O4/c1-2-30-23(29)22-16(14-26(25-22)18-6-4-3-5-7-18)9-11-20(27)15-8-10-19-17(12-15)13-21(28)24-19/h3-12,14H,2,13H2,1H3,(H,24,28)/b11-9+. The van der Waals surface area contributed by atoms with Crippen LogP contribution in [0.5, 0.6) is 0 Å². The van der Waals surface area contributed by atoms with E-state index < -0.39 is 5.97 Å². The quantitative estimate of drug-likeness (QED) is 0.388. The molecule has 0 unspecified atom stereocenters. The van der Waals surface area contributed by atoms with E-state index >= 15 is 0 Å². The maximum Gasteiger partial charge on any atom is 0.359 e. The van der Waals surface area contributed by atoms with Gasteiger partial charge in [0, 0.05) is 23.0 Å². The van der Waals surface area contributed by atoms with Crippen molar-refractivity contribution in [3.8, 4) is 5.69 Å². The van der Waals surface area contributed by atoms with Gasteiger partial charge in [0.15, 0.2) is 11.5 Å². The number of para-hydroxylation sites is 1. The SMILES string of the molecule is CCOC(=O)c1nn(-c2ccccc2)cc1/C=C/C(=O)c1ccc2c(c1)CC(=O)N2. The number of nitrogens with zero attached hydrogens (tertiary/aromatic N) is 2. The van der Waals surface area contributed by atoms with Crippen LogP contribution in [0.4, 0.5) is 5.69 Å². The third-order valence-electron chi connectivity index (χ3n) is 4.66. The molecule has 0 fully saturated rings. The van der Waals surface area contributed by atoms with Crippen molar-refractivity contribution in [2.24, 2.45) is 0 Å². The Balaban J connectivity index is 1.63. The Labute approximate surface area is 173 Å². The number of hydrogen-bond acceptors (Lipinski definition) is 5. The summed E-state index contributed by atoms with van der Waals surface area (Å²) in [7, 11) is 0. The van der Waals surface area contributed by atoms with Gasteiger partial charge >= 0.3 is 5.97 Å². The first-order valence-corrected chi connectivity index (χ1v) is 9.52. The Bertz CT molecular complexity index is 1160. The zero-order chi connectivity index (χ0) is 21.1. The molecular weight excluding hydrogens is 382 g/mol. The minimum absolute atomic E-state index is 0.0856. The number of anilines is 1. The van der Waals surface area contributed by atoms with Gasteiger partial charge in [-0.2, -0.15) is 5.10 Å². The second-order valence-electron chi connectivity index (χ2n) is 6.73. The Morgan fingerprint density at radius 1 is 1.20 bits per heavy atom. The number of fused-ring (bicyclic) bond motifs is 1. The lowest BCUT2D eigenvalue weighted by atomic mass is 10.0. The summed E-state index contributed by atoms with van der Waals surface area (Å²) in [5.74, 6) is -0.877. The van der Waals surface area contributed by atoms with E-state index in [1.807, 2.05) is 30.3 Å². The number of nitrogens with one attached hydrogen (secondary N) is 1. The highest BCUT2D eigenvalue weighted by atomic mass is 16.5. The van der Waals surface area contributed by atoms with Crippen molar-refractivity contribution in [3.05, 3.63) is 83.2 Å². The van der Waals surface area contributed by atoms with E-state index in [1.54, 1.807) is 42.1 Å². The number of carbonyl (C=O) groups is 3. The monoisotopic (exact) mass is 401 g/mol. The summed E-state index contributed by atoms with van der Waals surface area (Å²) in [5.41, 5.74) is 3.38. The van der Waals surface area contributed by atoms with Crippen LogP contribution < -0.4 is 5.32 Å². The molecule has 4 rings (SSSR count). The van der Waals surface area contributed by atoms with Crippen LogP contribution in [0.25, 0.3) is 11.8 Å². The average molecular weight is 401 g/mol. The Kier molecular flexibility index (Phi) is 5.26.